The van der Waals surface area contributed by atoms with Crippen molar-refractivity contribution < 1.29 is 9.84 Å². The summed E-state index contributed by atoms with van der Waals surface area (Å²) in [5, 5.41) is 23.4. The minimum atomic E-state index is 0.122. The smallest absolute Gasteiger partial charge is 0.216 e. The highest BCUT2D eigenvalue weighted by Crippen LogP contribution is 2.43. The molecule has 0 radical (unpaired) electrons. The minimum absolute atomic E-state index is 0.122. The van der Waals surface area contributed by atoms with Gasteiger partial charge < -0.3 is 20.1 Å². The molecule has 0 amide bonds. The van der Waals surface area contributed by atoms with E-state index in [1.165, 1.54) is 19.2 Å². The first-order valence-corrected chi connectivity index (χ1v) is 11.3. The van der Waals surface area contributed by atoms with E-state index in [2.05, 4.69) is 51.3 Å². The molecule has 33 heavy (non-hydrogen) atoms. The standard InChI is InChI=1S/C25H30N6O2/c1-24-9-10-25(2,30-24)14-17(13-24)31(3)22-8-7-19(28-29-22)18-6-5-16(11-21(18)32)20-12-23(33-4)27-15-26-20/h5-8,11-12,15,17,30,32H,9-10,13-14H2,1-4H3/t17-,24+,25-. The largest absolute Gasteiger partial charge is 0.507 e. The summed E-state index contributed by atoms with van der Waals surface area (Å²) in [7, 11) is 3.66. The number of fused-ring (bicyclic) bond motifs is 2. The van der Waals surface area contributed by atoms with E-state index in [1.54, 1.807) is 19.2 Å². The van der Waals surface area contributed by atoms with Gasteiger partial charge in [0.25, 0.3) is 0 Å². The van der Waals surface area contributed by atoms with Crippen molar-refractivity contribution in [2.24, 2.45) is 0 Å². The summed E-state index contributed by atoms with van der Waals surface area (Å²) in [6.45, 7) is 4.66. The van der Waals surface area contributed by atoms with Crippen molar-refractivity contribution in [1.82, 2.24) is 25.5 Å². The molecule has 2 bridgehead atoms. The van der Waals surface area contributed by atoms with Gasteiger partial charge in [0.2, 0.25) is 5.88 Å². The number of aromatic hydroxyl groups is 1. The van der Waals surface area contributed by atoms with Gasteiger partial charge in [-0.2, -0.15) is 0 Å². The van der Waals surface area contributed by atoms with E-state index in [-0.39, 0.29) is 16.8 Å². The average Bonchev–Trinajstić information content (AvgIpc) is 3.05. The maximum Gasteiger partial charge on any atom is 0.216 e. The van der Waals surface area contributed by atoms with E-state index in [0.29, 0.717) is 28.9 Å². The molecule has 3 aromatic rings. The summed E-state index contributed by atoms with van der Waals surface area (Å²) in [5.74, 6) is 1.44. The number of anilines is 1. The third kappa shape index (κ3) is 4.11. The lowest BCUT2D eigenvalue weighted by atomic mass is 9.84. The summed E-state index contributed by atoms with van der Waals surface area (Å²) in [6, 6.07) is 11.4. The zero-order valence-corrected chi connectivity index (χ0v) is 19.5. The van der Waals surface area contributed by atoms with Crippen molar-refractivity contribution in [3.63, 3.8) is 0 Å². The second-order valence-electron chi connectivity index (χ2n) is 9.87. The number of hydrogen-bond donors (Lipinski definition) is 2. The lowest BCUT2D eigenvalue weighted by Gasteiger charge is -2.45. The number of hydrogen-bond acceptors (Lipinski definition) is 8. The predicted molar refractivity (Wildman–Crippen MR) is 127 cm³/mol. The Morgan fingerprint density at radius 1 is 1.00 bits per heavy atom. The van der Waals surface area contributed by atoms with Gasteiger partial charge in [0.15, 0.2) is 5.82 Å². The number of rotatable bonds is 5. The van der Waals surface area contributed by atoms with Gasteiger partial charge in [-0.3, -0.25) is 0 Å². The lowest BCUT2D eigenvalue weighted by molar-refractivity contribution is 0.207. The van der Waals surface area contributed by atoms with E-state index >= 15 is 0 Å². The van der Waals surface area contributed by atoms with Gasteiger partial charge in [0, 0.05) is 41.4 Å². The van der Waals surface area contributed by atoms with Crippen molar-refractivity contribution in [2.45, 2.75) is 56.7 Å². The summed E-state index contributed by atoms with van der Waals surface area (Å²) in [6.07, 6.45) is 6.07. The monoisotopic (exact) mass is 446 g/mol. The van der Waals surface area contributed by atoms with Crippen LogP contribution in [0.15, 0.2) is 42.7 Å². The Labute approximate surface area is 194 Å². The summed E-state index contributed by atoms with van der Waals surface area (Å²) >= 11 is 0. The highest BCUT2D eigenvalue weighted by atomic mass is 16.5. The lowest BCUT2D eigenvalue weighted by Crippen LogP contribution is -2.58. The number of ether oxygens (including phenoxy) is 1. The number of benzene rings is 1. The molecule has 0 unspecified atom stereocenters. The normalized spacial score (nSPS) is 26.2. The van der Waals surface area contributed by atoms with Crippen LogP contribution in [0.3, 0.4) is 0 Å². The van der Waals surface area contributed by atoms with Crippen LogP contribution in [0.1, 0.15) is 39.5 Å². The number of phenolic OH excluding ortho intramolecular Hbond substituents is 1. The van der Waals surface area contributed by atoms with Crippen molar-refractivity contribution >= 4 is 5.82 Å². The second kappa shape index (κ2) is 7.95. The van der Waals surface area contributed by atoms with Gasteiger partial charge >= 0.3 is 0 Å². The van der Waals surface area contributed by atoms with Crippen LogP contribution in [0, 0.1) is 0 Å². The predicted octanol–water partition coefficient (Wildman–Crippen LogP) is 3.81. The molecule has 2 aliphatic heterocycles. The molecule has 8 heteroatoms. The van der Waals surface area contributed by atoms with Gasteiger partial charge in [-0.05, 0) is 63.8 Å². The molecule has 0 spiro atoms. The number of phenols is 1. The maximum absolute atomic E-state index is 10.7. The highest BCUT2D eigenvalue weighted by molar-refractivity contribution is 5.73. The summed E-state index contributed by atoms with van der Waals surface area (Å²) in [4.78, 5) is 10.5. The Hall–Kier alpha value is -3.26. The quantitative estimate of drug-likeness (QED) is 0.611. The van der Waals surface area contributed by atoms with E-state index < -0.39 is 0 Å². The summed E-state index contributed by atoms with van der Waals surface area (Å²) < 4.78 is 5.16. The minimum Gasteiger partial charge on any atom is -0.507 e. The molecule has 172 valence electrons. The van der Waals surface area contributed by atoms with Crippen LogP contribution in [-0.4, -0.2) is 56.5 Å². The van der Waals surface area contributed by atoms with Gasteiger partial charge in [0.05, 0.1) is 18.5 Å². The first-order chi connectivity index (χ1) is 15.8. The van der Waals surface area contributed by atoms with Crippen LogP contribution in [0.2, 0.25) is 0 Å². The topological polar surface area (TPSA) is 96.3 Å². The Kier molecular flexibility index (Phi) is 5.20. The zero-order chi connectivity index (χ0) is 23.2. The molecular formula is C25H30N6O2. The van der Waals surface area contributed by atoms with E-state index in [1.807, 2.05) is 24.3 Å². The SMILES string of the molecule is COc1cc(-c2ccc(-c3ccc(N(C)[C@@H]4C[C@]5(C)CC[C@](C)(C4)N5)nn3)c(O)c2)ncn1. The number of aromatic nitrogens is 4. The number of piperidine rings is 1. The van der Waals surface area contributed by atoms with Crippen LogP contribution >= 0.6 is 0 Å². The number of nitrogens with zero attached hydrogens (tertiary/aromatic N) is 5. The van der Waals surface area contributed by atoms with E-state index in [0.717, 1.165) is 24.2 Å². The first-order valence-electron chi connectivity index (χ1n) is 11.3. The van der Waals surface area contributed by atoms with Crippen molar-refractivity contribution in [3.05, 3.63) is 42.7 Å². The van der Waals surface area contributed by atoms with Crippen LogP contribution in [0.25, 0.3) is 22.5 Å². The first kappa shape index (κ1) is 21.6. The molecule has 2 aliphatic rings. The fourth-order valence-electron chi connectivity index (χ4n) is 5.46. The molecule has 3 atom stereocenters. The molecule has 2 aromatic heterocycles. The second-order valence-corrected chi connectivity index (χ2v) is 9.87. The summed E-state index contributed by atoms with van der Waals surface area (Å²) in [5.41, 5.74) is 3.08. The Bertz CT molecular complexity index is 1150. The maximum atomic E-state index is 10.7. The van der Waals surface area contributed by atoms with Gasteiger partial charge in [0.1, 0.15) is 12.1 Å². The third-order valence-electron chi connectivity index (χ3n) is 7.18. The van der Waals surface area contributed by atoms with Crippen LogP contribution < -0.4 is 15.0 Å². The average molecular weight is 447 g/mol. The molecule has 0 saturated carbocycles. The number of nitrogens with one attached hydrogen (secondary N) is 1. The van der Waals surface area contributed by atoms with Gasteiger partial charge in [-0.15, -0.1) is 10.2 Å². The Morgan fingerprint density at radius 2 is 1.76 bits per heavy atom. The third-order valence-corrected chi connectivity index (χ3v) is 7.18. The van der Waals surface area contributed by atoms with Crippen LogP contribution in [0.4, 0.5) is 5.82 Å². The van der Waals surface area contributed by atoms with Crippen LogP contribution in [-0.2, 0) is 0 Å². The van der Waals surface area contributed by atoms with Gasteiger partial charge in [-0.25, -0.2) is 9.97 Å². The Morgan fingerprint density at radius 3 is 2.39 bits per heavy atom. The van der Waals surface area contributed by atoms with E-state index in [4.69, 9.17) is 4.74 Å². The molecule has 2 saturated heterocycles. The fourth-order valence-corrected chi connectivity index (χ4v) is 5.46. The van der Waals surface area contributed by atoms with Crippen molar-refractivity contribution in [3.8, 4) is 34.1 Å². The highest BCUT2D eigenvalue weighted by Gasteiger charge is 2.49. The van der Waals surface area contributed by atoms with Gasteiger partial charge in [-0.1, -0.05) is 6.07 Å². The van der Waals surface area contributed by atoms with E-state index in [9.17, 15) is 5.11 Å². The Balaban J connectivity index is 1.35. The number of methoxy groups -OCH3 is 1. The molecule has 2 N–H and O–H groups in total. The van der Waals surface area contributed by atoms with Crippen molar-refractivity contribution in [1.29, 1.82) is 0 Å². The molecule has 0 aliphatic carbocycles. The molecule has 1 aromatic carbocycles. The molecule has 4 heterocycles. The molecule has 5 rings (SSSR count). The fraction of sp³-hybridized carbons (Fsp3) is 0.440. The molecule has 8 nitrogen and oxygen atoms in total. The molecular weight excluding hydrogens is 416 g/mol. The van der Waals surface area contributed by atoms with Crippen LogP contribution in [0.5, 0.6) is 11.6 Å². The zero-order valence-electron chi connectivity index (χ0n) is 19.5. The molecule has 2 fully saturated rings. The van der Waals surface area contributed by atoms with Crippen molar-refractivity contribution in [2.75, 3.05) is 19.1 Å².